The second-order valence-corrected chi connectivity index (χ2v) is 3.76. The van der Waals surface area contributed by atoms with Gasteiger partial charge in [-0.15, -0.1) is 0 Å². The molecule has 72 valence electrons. The third kappa shape index (κ3) is 1.65. The molecule has 0 radical (unpaired) electrons. The first-order valence-electron chi connectivity index (χ1n) is 4.45. The van der Waals surface area contributed by atoms with Crippen LogP contribution in [0.4, 0.5) is 5.69 Å². The van der Waals surface area contributed by atoms with Crippen molar-refractivity contribution in [2.24, 2.45) is 4.99 Å². The number of amidine groups is 1. The molecule has 4 heteroatoms. The van der Waals surface area contributed by atoms with Gasteiger partial charge in [-0.3, -0.25) is 4.79 Å². The Hall–Kier alpha value is -1.29. The first-order chi connectivity index (χ1) is 6.81. The summed E-state index contributed by atoms with van der Waals surface area (Å²) in [4.78, 5) is 16.7. The van der Waals surface area contributed by atoms with E-state index in [0.717, 1.165) is 10.6 Å². The predicted octanol–water partition coefficient (Wildman–Crippen LogP) is 2.31. The van der Waals surface area contributed by atoms with Crippen LogP contribution in [0.25, 0.3) is 0 Å². The molecule has 1 heterocycles. The monoisotopic (exact) mass is 206 g/mol. The van der Waals surface area contributed by atoms with Crippen LogP contribution in [0.15, 0.2) is 34.2 Å². The van der Waals surface area contributed by atoms with E-state index in [1.807, 2.05) is 31.2 Å². The van der Waals surface area contributed by atoms with Crippen LogP contribution in [0, 0.1) is 0 Å². The number of benzene rings is 1. The Morgan fingerprint density at radius 3 is 3.07 bits per heavy atom. The van der Waals surface area contributed by atoms with Gasteiger partial charge in [0, 0.05) is 6.42 Å². The zero-order chi connectivity index (χ0) is 9.97. The minimum absolute atomic E-state index is 0.0482. The smallest absolute Gasteiger partial charge is 0.198 e. The molecular formula is C10H10N2OS. The summed E-state index contributed by atoms with van der Waals surface area (Å²) in [5.41, 5.74) is 0.869. The number of hydrogen-bond donors (Lipinski definition) is 1. The molecule has 1 aliphatic rings. The lowest BCUT2D eigenvalue weighted by atomic mass is 10.3. The van der Waals surface area contributed by atoms with Crippen molar-refractivity contribution in [1.29, 1.82) is 0 Å². The fourth-order valence-electron chi connectivity index (χ4n) is 1.17. The molecule has 14 heavy (non-hydrogen) atoms. The maximum absolute atomic E-state index is 11.4. The number of carbonyl (C=O) groups excluding carboxylic acids is 1. The van der Waals surface area contributed by atoms with E-state index in [9.17, 15) is 4.79 Å². The fourth-order valence-corrected chi connectivity index (χ4v) is 1.90. The molecule has 0 aliphatic carbocycles. The van der Waals surface area contributed by atoms with Gasteiger partial charge in [0.2, 0.25) is 0 Å². The van der Waals surface area contributed by atoms with Crippen molar-refractivity contribution in [3.8, 4) is 0 Å². The Labute approximate surface area is 86.8 Å². The first kappa shape index (κ1) is 9.27. The zero-order valence-electron chi connectivity index (χ0n) is 7.78. The van der Waals surface area contributed by atoms with Gasteiger partial charge in [0.1, 0.15) is 0 Å². The number of Topliss-reactive ketones (excluding diaryl/α,β-unsaturated/α-hetero) is 1. The number of carbonyl (C=O) groups is 1. The molecule has 1 N–H and O–H groups in total. The van der Waals surface area contributed by atoms with Crippen LogP contribution in [0.3, 0.4) is 0 Å². The van der Waals surface area contributed by atoms with Crippen LogP contribution in [0.2, 0.25) is 0 Å². The third-order valence-electron chi connectivity index (χ3n) is 1.94. The fraction of sp³-hybridized carbons (Fsp3) is 0.200. The summed E-state index contributed by atoms with van der Waals surface area (Å²) in [6.45, 7) is 1.83. The van der Waals surface area contributed by atoms with Crippen molar-refractivity contribution in [3.63, 3.8) is 0 Å². The van der Waals surface area contributed by atoms with Crippen molar-refractivity contribution < 1.29 is 4.79 Å². The minimum atomic E-state index is 0.0482. The number of nitrogens with one attached hydrogen (secondary N) is 1. The van der Waals surface area contributed by atoms with Gasteiger partial charge in [-0.25, -0.2) is 4.99 Å². The van der Waals surface area contributed by atoms with Gasteiger partial charge in [0.25, 0.3) is 0 Å². The Bertz CT molecular complexity index is 401. The number of hydrogen-bond acceptors (Lipinski definition) is 4. The molecule has 1 aromatic rings. The second-order valence-electron chi connectivity index (χ2n) is 2.91. The summed E-state index contributed by atoms with van der Waals surface area (Å²) >= 11 is 1.44. The van der Waals surface area contributed by atoms with E-state index >= 15 is 0 Å². The topological polar surface area (TPSA) is 41.5 Å². The normalized spacial score (nSPS) is 13.9. The highest BCUT2D eigenvalue weighted by atomic mass is 32.2. The van der Waals surface area contributed by atoms with Crippen molar-refractivity contribution in [3.05, 3.63) is 24.3 Å². The van der Waals surface area contributed by atoms with Crippen molar-refractivity contribution in [2.45, 2.75) is 18.2 Å². The van der Waals surface area contributed by atoms with Crippen molar-refractivity contribution in [1.82, 2.24) is 4.72 Å². The number of aliphatic imine (C=N–C) groups is 1. The highest BCUT2D eigenvalue weighted by molar-refractivity contribution is 7.98. The Morgan fingerprint density at radius 2 is 2.29 bits per heavy atom. The molecule has 0 bridgehead atoms. The van der Waals surface area contributed by atoms with Crippen LogP contribution in [-0.2, 0) is 4.79 Å². The lowest BCUT2D eigenvalue weighted by Crippen LogP contribution is -2.27. The quantitative estimate of drug-likeness (QED) is 0.755. The molecule has 0 atom stereocenters. The van der Waals surface area contributed by atoms with E-state index in [1.165, 1.54) is 11.9 Å². The predicted molar refractivity (Wildman–Crippen MR) is 57.8 cm³/mol. The van der Waals surface area contributed by atoms with Gasteiger partial charge in [-0.1, -0.05) is 19.1 Å². The summed E-state index contributed by atoms with van der Waals surface area (Å²) in [5.74, 6) is 0.503. The average molecular weight is 206 g/mol. The molecule has 0 amide bonds. The third-order valence-corrected chi connectivity index (χ3v) is 2.80. The van der Waals surface area contributed by atoms with Gasteiger partial charge >= 0.3 is 0 Å². The lowest BCUT2D eigenvalue weighted by molar-refractivity contribution is -0.112. The molecule has 0 fully saturated rings. The number of para-hydroxylation sites is 1. The number of fused-ring (bicyclic) bond motifs is 1. The van der Waals surface area contributed by atoms with E-state index in [0.29, 0.717) is 12.3 Å². The van der Waals surface area contributed by atoms with Crippen molar-refractivity contribution in [2.75, 3.05) is 0 Å². The molecular weight excluding hydrogens is 196 g/mol. The van der Waals surface area contributed by atoms with Crippen molar-refractivity contribution >= 4 is 29.3 Å². The van der Waals surface area contributed by atoms with Gasteiger partial charge < -0.3 is 4.72 Å². The number of nitrogens with zero attached hydrogens (tertiary/aromatic N) is 1. The summed E-state index contributed by atoms with van der Waals surface area (Å²) < 4.78 is 2.94. The maximum Gasteiger partial charge on any atom is 0.198 e. The molecule has 0 aromatic heterocycles. The maximum atomic E-state index is 11.4. The summed E-state index contributed by atoms with van der Waals surface area (Å²) in [7, 11) is 0. The van der Waals surface area contributed by atoms with Crippen LogP contribution < -0.4 is 4.72 Å². The standard InChI is InChI=1S/C10H10N2OS/c1-2-8(13)10-11-7-5-3-4-6-9(7)14-12-10/h3-6H,2H2,1H3,(H,11,12). The van der Waals surface area contributed by atoms with Crippen LogP contribution in [0.5, 0.6) is 0 Å². The zero-order valence-corrected chi connectivity index (χ0v) is 8.60. The Morgan fingerprint density at radius 1 is 1.50 bits per heavy atom. The second kappa shape index (κ2) is 3.84. The van der Waals surface area contributed by atoms with E-state index in [4.69, 9.17) is 0 Å². The van der Waals surface area contributed by atoms with Crippen LogP contribution >= 0.6 is 11.9 Å². The highest BCUT2D eigenvalue weighted by Crippen LogP contribution is 2.30. The molecule has 0 saturated heterocycles. The molecule has 0 spiro atoms. The molecule has 0 saturated carbocycles. The van der Waals surface area contributed by atoms with E-state index < -0.39 is 0 Å². The summed E-state index contributed by atoms with van der Waals surface area (Å²) in [6.07, 6.45) is 0.481. The van der Waals surface area contributed by atoms with Gasteiger partial charge in [0.05, 0.1) is 10.6 Å². The number of ketones is 1. The van der Waals surface area contributed by atoms with E-state index in [-0.39, 0.29) is 5.78 Å². The Balaban J connectivity index is 2.36. The molecule has 3 nitrogen and oxygen atoms in total. The number of rotatable bonds is 2. The molecule has 0 unspecified atom stereocenters. The summed E-state index contributed by atoms with van der Waals surface area (Å²) in [5, 5.41) is 0. The molecule has 1 aromatic carbocycles. The average Bonchev–Trinajstić information content (AvgIpc) is 2.27. The molecule has 2 rings (SSSR count). The minimum Gasteiger partial charge on any atom is -0.307 e. The largest absolute Gasteiger partial charge is 0.307 e. The lowest BCUT2D eigenvalue weighted by Gasteiger charge is -2.14. The van der Waals surface area contributed by atoms with E-state index in [2.05, 4.69) is 9.71 Å². The van der Waals surface area contributed by atoms with Gasteiger partial charge in [-0.2, -0.15) is 0 Å². The Kier molecular flexibility index (Phi) is 2.54. The van der Waals surface area contributed by atoms with Gasteiger partial charge in [0.15, 0.2) is 11.6 Å². The molecule has 1 aliphatic heterocycles. The summed E-state index contributed by atoms with van der Waals surface area (Å²) in [6, 6.07) is 7.76. The van der Waals surface area contributed by atoms with Gasteiger partial charge in [-0.05, 0) is 24.1 Å². The SMILES string of the molecule is CCC(=O)C1=Nc2ccccc2SN1. The first-order valence-corrected chi connectivity index (χ1v) is 5.26. The highest BCUT2D eigenvalue weighted by Gasteiger charge is 2.15. The van der Waals surface area contributed by atoms with Crippen LogP contribution in [-0.4, -0.2) is 11.6 Å². The van der Waals surface area contributed by atoms with E-state index in [1.54, 1.807) is 0 Å². The van der Waals surface area contributed by atoms with Crippen LogP contribution in [0.1, 0.15) is 13.3 Å².